The third-order valence-electron chi connectivity index (χ3n) is 3.28. The first-order valence-electron chi connectivity index (χ1n) is 6.49. The van der Waals surface area contributed by atoms with E-state index in [9.17, 15) is 0 Å². The fraction of sp³-hybridized carbons (Fsp3) is 0.385. The first-order chi connectivity index (χ1) is 9.72. The van der Waals surface area contributed by atoms with Crippen molar-refractivity contribution in [1.29, 1.82) is 0 Å². The molecular formula is C13H15ClN6. The molecule has 1 aliphatic heterocycles. The highest BCUT2D eigenvalue weighted by Crippen LogP contribution is 2.18. The lowest BCUT2D eigenvalue weighted by molar-refractivity contribution is 0.639. The van der Waals surface area contributed by atoms with Crippen LogP contribution < -0.4 is 9.80 Å². The first kappa shape index (κ1) is 13.1. The van der Waals surface area contributed by atoms with Crippen molar-refractivity contribution in [2.75, 3.05) is 36.0 Å². The van der Waals surface area contributed by atoms with Gasteiger partial charge in [0.05, 0.1) is 12.4 Å². The molecule has 2 aromatic heterocycles. The molecule has 1 aliphatic rings. The number of nitrogens with zero attached hydrogens (tertiary/aromatic N) is 6. The van der Waals surface area contributed by atoms with E-state index in [0.717, 1.165) is 43.6 Å². The molecule has 2 aromatic rings. The van der Waals surface area contributed by atoms with Gasteiger partial charge in [0.1, 0.15) is 22.6 Å². The third kappa shape index (κ3) is 2.80. The second-order valence-electron chi connectivity index (χ2n) is 4.64. The third-order valence-corrected chi connectivity index (χ3v) is 3.46. The summed E-state index contributed by atoms with van der Waals surface area (Å²) in [4.78, 5) is 21.4. The predicted octanol–water partition coefficient (Wildman–Crippen LogP) is 1.56. The van der Waals surface area contributed by atoms with Gasteiger partial charge in [-0.2, -0.15) is 0 Å². The molecule has 6 nitrogen and oxygen atoms in total. The van der Waals surface area contributed by atoms with Gasteiger partial charge in [-0.3, -0.25) is 4.98 Å². The van der Waals surface area contributed by atoms with E-state index in [4.69, 9.17) is 11.6 Å². The number of rotatable bonds is 2. The first-order valence-corrected chi connectivity index (χ1v) is 6.87. The zero-order valence-corrected chi connectivity index (χ0v) is 12.0. The standard InChI is InChI=1S/C13H15ClN6/c1-10-16-3-2-12(17-10)19-4-6-20(7-5-19)13-9-15-8-11(14)18-13/h2-3,8-9H,4-7H2,1H3. The molecule has 0 spiro atoms. The molecule has 20 heavy (non-hydrogen) atoms. The summed E-state index contributed by atoms with van der Waals surface area (Å²) < 4.78 is 0. The number of hydrogen-bond acceptors (Lipinski definition) is 6. The summed E-state index contributed by atoms with van der Waals surface area (Å²) in [5.74, 6) is 2.61. The minimum absolute atomic E-state index is 0.427. The monoisotopic (exact) mass is 290 g/mol. The summed E-state index contributed by atoms with van der Waals surface area (Å²) in [6.45, 7) is 5.44. The van der Waals surface area contributed by atoms with Gasteiger partial charge in [-0.25, -0.2) is 15.0 Å². The molecule has 0 atom stereocenters. The van der Waals surface area contributed by atoms with Crippen molar-refractivity contribution >= 4 is 23.2 Å². The Hall–Kier alpha value is -1.95. The molecule has 0 radical (unpaired) electrons. The van der Waals surface area contributed by atoms with Crippen LogP contribution in [0.2, 0.25) is 5.15 Å². The molecule has 1 saturated heterocycles. The summed E-state index contributed by atoms with van der Waals surface area (Å²) in [5.41, 5.74) is 0. The second-order valence-corrected chi connectivity index (χ2v) is 5.02. The van der Waals surface area contributed by atoms with Gasteiger partial charge in [0.25, 0.3) is 0 Å². The normalized spacial score (nSPS) is 15.5. The maximum atomic E-state index is 5.88. The van der Waals surface area contributed by atoms with E-state index in [-0.39, 0.29) is 0 Å². The van der Waals surface area contributed by atoms with Crippen LogP contribution in [0.15, 0.2) is 24.7 Å². The fourth-order valence-electron chi connectivity index (χ4n) is 2.27. The Bertz CT molecular complexity index is 543. The van der Waals surface area contributed by atoms with Crippen LogP contribution in [-0.2, 0) is 0 Å². The number of anilines is 2. The van der Waals surface area contributed by atoms with Crippen LogP contribution in [0.1, 0.15) is 5.82 Å². The molecule has 0 aromatic carbocycles. The molecule has 3 heterocycles. The Morgan fingerprint density at radius 2 is 1.70 bits per heavy atom. The molecule has 104 valence electrons. The van der Waals surface area contributed by atoms with Gasteiger partial charge in [0.2, 0.25) is 0 Å². The van der Waals surface area contributed by atoms with Crippen LogP contribution in [0.4, 0.5) is 11.6 Å². The largest absolute Gasteiger partial charge is 0.353 e. The van der Waals surface area contributed by atoms with E-state index < -0.39 is 0 Å². The predicted molar refractivity (Wildman–Crippen MR) is 78.2 cm³/mol. The lowest BCUT2D eigenvalue weighted by Gasteiger charge is -2.35. The van der Waals surface area contributed by atoms with Crippen molar-refractivity contribution in [1.82, 2.24) is 19.9 Å². The van der Waals surface area contributed by atoms with Gasteiger partial charge in [0, 0.05) is 32.4 Å². The summed E-state index contributed by atoms with van der Waals surface area (Å²) in [7, 11) is 0. The van der Waals surface area contributed by atoms with Crippen LogP contribution in [0, 0.1) is 6.92 Å². The Balaban J connectivity index is 1.68. The van der Waals surface area contributed by atoms with Gasteiger partial charge < -0.3 is 9.80 Å². The van der Waals surface area contributed by atoms with Gasteiger partial charge >= 0.3 is 0 Å². The summed E-state index contributed by atoms with van der Waals surface area (Å²) in [6, 6.07) is 1.95. The maximum Gasteiger partial charge on any atom is 0.149 e. The minimum Gasteiger partial charge on any atom is -0.353 e. The number of hydrogen-bond donors (Lipinski definition) is 0. The van der Waals surface area contributed by atoms with Crippen molar-refractivity contribution in [3.8, 4) is 0 Å². The molecule has 1 fully saturated rings. The van der Waals surface area contributed by atoms with Crippen LogP contribution in [0.3, 0.4) is 0 Å². The van der Waals surface area contributed by atoms with Crippen molar-refractivity contribution in [3.05, 3.63) is 35.6 Å². The van der Waals surface area contributed by atoms with E-state index in [0.29, 0.717) is 5.15 Å². The van der Waals surface area contributed by atoms with Crippen LogP contribution in [0.25, 0.3) is 0 Å². The molecule has 7 heteroatoms. The minimum atomic E-state index is 0.427. The number of aryl methyl sites for hydroxylation is 1. The lowest BCUT2D eigenvalue weighted by Crippen LogP contribution is -2.47. The Morgan fingerprint density at radius 1 is 1.00 bits per heavy atom. The highest BCUT2D eigenvalue weighted by atomic mass is 35.5. The zero-order chi connectivity index (χ0) is 13.9. The summed E-state index contributed by atoms with van der Waals surface area (Å²) >= 11 is 5.88. The van der Waals surface area contributed by atoms with Gasteiger partial charge in [-0.15, -0.1) is 0 Å². The highest BCUT2D eigenvalue weighted by Gasteiger charge is 2.19. The molecule has 0 unspecified atom stereocenters. The SMILES string of the molecule is Cc1nccc(N2CCN(c3cncc(Cl)n3)CC2)n1. The highest BCUT2D eigenvalue weighted by molar-refractivity contribution is 6.29. The topological polar surface area (TPSA) is 58.0 Å². The maximum absolute atomic E-state index is 5.88. The number of aromatic nitrogens is 4. The molecule has 0 amide bonds. The molecule has 0 N–H and O–H groups in total. The molecular weight excluding hydrogens is 276 g/mol. The Morgan fingerprint density at radius 3 is 2.35 bits per heavy atom. The van der Waals surface area contributed by atoms with Gasteiger partial charge in [-0.05, 0) is 13.0 Å². The van der Waals surface area contributed by atoms with Crippen LogP contribution in [-0.4, -0.2) is 46.1 Å². The van der Waals surface area contributed by atoms with Crippen LogP contribution >= 0.6 is 11.6 Å². The summed E-state index contributed by atoms with van der Waals surface area (Å²) in [5, 5.41) is 0.427. The van der Waals surface area contributed by atoms with E-state index in [1.807, 2.05) is 13.0 Å². The number of halogens is 1. The van der Waals surface area contributed by atoms with E-state index >= 15 is 0 Å². The Kier molecular flexibility index (Phi) is 3.64. The molecule has 3 rings (SSSR count). The average molecular weight is 291 g/mol. The van der Waals surface area contributed by atoms with E-state index in [1.165, 1.54) is 0 Å². The van der Waals surface area contributed by atoms with E-state index in [1.54, 1.807) is 18.6 Å². The molecule has 0 aliphatic carbocycles. The quantitative estimate of drug-likeness (QED) is 0.836. The average Bonchev–Trinajstić information content (AvgIpc) is 2.47. The van der Waals surface area contributed by atoms with Crippen LogP contribution in [0.5, 0.6) is 0 Å². The van der Waals surface area contributed by atoms with E-state index in [2.05, 4.69) is 29.7 Å². The fourth-order valence-corrected chi connectivity index (χ4v) is 2.41. The lowest BCUT2D eigenvalue weighted by atomic mass is 10.3. The summed E-state index contributed by atoms with van der Waals surface area (Å²) in [6.07, 6.45) is 5.09. The van der Waals surface area contributed by atoms with Crippen molar-refractivity contribution < 1.29 is 0 Å². The van der Waals surface area contributed by atoms with Gasteiger partial charge in [-0.1, -0.05) is 11.6 Å². The smallest absolute Gasteiger partial charge is 0.149 e. The van der Waals surface area contributed by atoms with Crippen molar-refractivity contribution in [2.45, 2.75) is 6.92 Å². The van der Waals surface area contributed by atoms with Crippen molar-refractivity contribution in [2.24, 2.45) is 0 Å². The molecule has 0 saturated carbocycles. The Labute approximate surface area is 122 Å². The molecule has 0 bridgehead atoms. The zero-order valence-electron chi connectivity index (χ0n) is 11.2. The second kappa shape index (κ2) is 5.58. The van der Waals surface area contributed by atoms with Crippen molar-refractivity contribution in [3.63, 3.8) is 0 Å². The van der Waals surface area contributed by atoms with Gasteiger partial charge in [0.15, 0.2) is 0 Å². The number of piperazine rings is 1.